The molecule has 0 aliphatic carbocycles. The van der Waals surface area contributed by atoms with Crippen LogP contribution in [0.1, 0.15) is 34.1 Å². The van der Waals surface area contributed by atoms with Gasteiger partial charge in [-0.2, -0.15) is 25.3 Å². The molecule has 222 valence electrons. The first kappa shape index (κ1) is 35.9. The maximum absolute atomic E-state index is 13.0. The second kappa shape index (κ2) is 17.5. The van der Waals surface area contributed by atoms with Gasteiger partial charge in [0.15, 0.2) is 0 Å². The molecule has 0 spiro atoms. The molecule has 0 radical (unpaired) electrons. The first-order valence-electron chi connectivity index (χ1n) is 12.0. The molecule has 0 aromatic heterocycles. The van der Waals surface area contributed by atoms with E-state index in [1.54, 1.807) is 27.7 Å². The number of carboxylic acids is 1. The summed E-state index contributed by atoms with van der Waals surface area (Å²) in [6.45, 7) is 5.90. The number of rotatable bonds is 17. The van der Waals surface area contributed by atoms with Gasteiger partial charge in [0.2, 0.25) is 35.4 Å². The van der Waals surface area contributed by atoms with Crippen LogP contribution in [0.5, 0.6) is 0 Å². The molecule has 10 N–H and O–H groups in total. The minimum absolute atomic E-state index is 0.0284. The summed E-state index contributed by atoms with van der Waals surface area (Å²) in [5.74, 6) is -7.21. The molecule has 0 aromatic rings. The van der Waals surface area contributed by atoms with Crippen molar-refractivity contribution in [1.82, 2.24) is 26.6 Å². The van der Waals surface area contributed by atoms with Crippen LogP contribution in [0.2, 0.25) is 0 Å². The summed E-state index contributed by atoms with van der Waals surface area (Å²) in [6, 6.07) is -6.04. The van der Waals surface area contributed by atoms with Crippen LogP contribution in [0.4, 0.5) is 0 Å². The van der Waals surface area contributed by atoms with Crippen LogP contribution in [-0.2, 0) is 33.6 Å². The molecule has 5 atom stereocenters. The van der Waals surface area contributed by atoms with Gasteiger partial charge < -0.3 is 43.2 Å². The van der Waals surface area contributed by atoms with Crippen molar-refractivity contribution in [2.45, 2.75) is 64.3 Å². The van der Waals surface area contributed by atoms with Crippen molar-refractivity contribution < 1.29 is 38.7 Å². The molecule has 0 heterocycles. The molecule has 0 aromatic carbocycles. The number of hydrogen-bond acceptors (Lipinski definition) is 10. The molecular formula is C22H39N7O8S2. The second-order valence-electron chi connectivity index (χ2n) is 9.34. The van der Waals surface area contributed by atoms with Crippen LogP contribution in [-0.4, -0.2) is 94.8 Å². The number of carbonyl (C=O) groups is 7. The Morgan fingerprint density at radius 1 is 0.718 bits per heavy atom. The molecule has 0 aliphatic rings. The van der Waals surface area contributed by atoms with Crippen LogP contribution >= 0.6 is 25.3 Å². The number of carboxylic acid groups (broad SMARTS) is 1. The van der Waals surface area contributed by atoms with Gasteiger partial charge >= 0.3 is 5.97 Å². The average Bonchev–Trinajstić information content (AvgIpc) is 2.85. The highest BCUT2D eigenvalue weighted by Crippen LogP contribution is 2.07. The summed E-state index contributed by atoms with van der Waals surface area (Å²) in [5.41, 5.74) is 10.9. The van der Waals surface area contributed by atoms with Crippen molar-refractivity contribution in [3.05, 3.63) is 0 Å². The predicted molar refractivity (Wildman–Crippen MR) is 148 cm³/mol. The number of primary amides is 1. The molecule has 0 saturated heterocycles. The Bertz CT molecular complexity index is 919. The van der Waals surface area contributed by atoms with Crippen LogP contribution in [0, 0.1) is 11.8 Å². The molecule has 0 fully saturated rings. The number of hydrogen-bond donors (Lipinski definition) is 10. The molecule has 0 rings (SSSR count). The smallest absolute Gasteiger partial charge is 0.327 e. The SMILES string of the molecule is CC(C)[C@H](NC(=O)[C@H](CC(N)=O)NC(=O)[C@@H](NC(=O)[C@@H](N)CS)C(C)C)C(=O)NCC(=O)N[C@@H](CS)C(=O)O. The molecule has 0 saturated carbocycles. The number of amides is 6. The first-order chi connectivity index (χ1) is 18.0. The number of aliphatic carboxylic acids is 1. The zero-order valence-electron chi connectivity index (χ0n) is 22.2. The van der Waals surface area contributed by atoms with Crippen molar-refractivity contribution in [2.24, 2.45) is 23.3 Å². The van der Waals surface area contributed by atoms with Crippen LogP contribution in [0.25, 0.3) is 0 Å². The number of nitrogens with one attached hydrogen (secondary N) is 5. The quantitative estimate of drug-likeness (QED) is 0.0750. The Hall–Kier alpha value is -3.05. The summed E-state index contributed by atoms with van der Waals surface area (Å²) < 4.78 is 0. The van der Waals surface area contributed by atoms with Gasteiger partial charge in [-0.1, -0.05) is 27.7 Å². The summed E-state index contributed by atoms with van der Waals surface area (Å²) in [6.07, 6.45) is -0.609. The highest BCUT2D eigenvalue weighted by Gasteiger charge is 2.33. The van der Waals surface area contributed by atoms with Crippen molar-refractivity contribution in [3.63, 3.8) is 0 Å². The average molecular weight is 594 g/mol. The van der Waals surface area contributed by atoms with E-state index in [9.17, 15) is 33.6 Å². The van der Waals surface area contributed by atoms with E-state index in [0.29, 0.717) is 0 Å². The van der Waals surface area contributed by atoms with Crippen molar-refractivity contribution in [3.8, 4) is 0 Å². The van der Waals surface area contributed by atoms with E-state index in [-0.39, 0.29) is 11.5 Å². The Morgan fingerprint density at radius 3 is 1.67 bits per heavy atom. The second-order valence-corrected chi connectivity index (χ2v) is 10.1. The lowest BCUT2D eigenvalue weighted by Crippen LogP contribution is -2.60. The van der Waals surface area contributed by atoms with E-state index in [0.717, 1.165) is 0 Å². The van der Waals surface area contributed by atoms with E-state index < -0.39 is 96.4 Å². The van der Waals surface area contributed by atoms with Crippen molar-refractivity contribution >= 4 is 66.7 Å². The first-order valence-corrected chi connectivity index (χ1v) is 13.3. The van der Waals surface area contributed by atoms with E-state index in [4.69, 9.17) is 16.6 Å². The highest BCUT2D eigenvalue weighted by atomic mass is 32.1. The Labute approximate surface area is 237 Å². The zero-order valence-corrected chi connectivity index (χ0v) is 24.0. The number of nitrogens with two attached hydrogens (primary N) is 2. The van der Waals surface area contributed by atoms with Gasteiger partial charge in [0.05, 0.1) is 19.0 Å². The third-order valence-corrected chi connectivity index (χ3v) is 6.06. The summed E-state index contributed by atoms with van der Waals surface area (Å²) in [7, 11) is 0. The topological polar surface area (TPSA) is 252 Å². The Kier molecular flexibility index (Phi) is 16.2. The number of carbonyl (C=O) groups excluding carboxylic acids is 6. The predicted octanol–water partition coefficient (Wildman–Crippen LogP) is -3.50. The maximum Gasteiger partial charge on any atom is 0.327 e. The third-order valence-electron chi connectivity index (χ3n) is 5.30. The molecule has 17 heteroatoms. The standard InChI is InChI=1S/C22H39N7O8S2/c1-9(2)16(20(34)25-6-15(31)26-13(8-39)22(36)37)29-19(33)12(5-14(24)30)27-21(35)17(10(3)4)28-18(32)11(23)7-38/h9-13,16-17,38-39H,5-8,23H2,1-4H3,(H2,24,30)(H,25,34)(H,26,31)(H,27,35)(H,28,32)(H,29,33)(H,36,37)/t11-,12-,13-,16-,17-/m0/s1. The number of thiol groups is 2. The normalized spacial score (nSPS) is 14.8. The summed E-state index contributed by atoms with van der Waals surface area (Å²) in [5, 5.41) is 20.8. The lowest BCUT2D eigenvalue weighted by molar-refractivity contribution is -0.141. The maximum atomic E-state index is 13.0. The highest BCUT2D eigenvalue weighted by molar-refractivity contribution is 7.80. The fraction of sp³-hybridized carbons (Fsp3) is 0.682. The molecular weight excluding hydrogens is 554 g/mol. The Morgan fingerprint density at radius 2 is 1.23 bits per heavy atom. The van der Waals surface area contributed by atoms with Gasteiger partial charge in [0.25, 0.3) is 0 Å². The molecule has 39 heavy (non-hydrogen) atoms. The summed E-state index contributed by atoms with van der Waals surface area (Å²) >= 11 is 7.78. The van der Waals surface area contributed by atoms with E-state index in [2.05, 4.69) is 51.8 Å². The molecule has 0 unspecified atom stereocenters. The fourth-order valence-corrected chi connectivity index (χ4v) is 3.46. The monoisotopic (exact) mass is 593 g/mol. The van der Waals surface area contributed by atoms with Crippen LogP contribution in [0.3, 0.4) is 0 Å². The molecule has 15 nitrogen and oxygen atoms in total. The van der Waals surface area contributed by atoms with Gasteiger partial charge in [-0.05, 0) is 11.8 Å². The van der Waals surface area contributed by atoms with E-state index in [1.807, 2.05) is 0 Å². The minimum atomic E-state index is -1.49. The molecule has 6 amide bonds. The third kappa shape index (κ3) is 13.0. The lowest BCUT2D eigenvalue weighted by Gasteiger charge is -2.27. The minimum Gasteiger partial charge on any atom is -0.480 e. The summed E-state index contributed by atoms with van der Waals surface area (Å²) in [4.78, 5) is 85.5. The van der Waals surface area contributed by atoms with Crippen LogP contribution < -0.4 is 38.1 Å². The largest absolute Gasteiger partial charge is 0.480 e. The zero-order chi connectivity index (χ0) is 30.4. The Balaban J connectivity index is 5.52. The van der Waals surface area contributed by atoms with E-state index in [1.165, 1.54) is 0 Å². The molecule has 0 bridgehead atoms. The van der Waals surface area contributed by atoms with Gasteiger partial charge in [0, 0.05) is 11.5 Å². The van der Waals surface area contributed by atoms with Gasteiger partial charge in [-0.3, -0.25) is 28.8 Å². The van der Waals surface area contributed by atoms with E-state index >= 15 is 0 Å². The lowest BCUT2D eigenvalue weighted by atomic mass is 10.0. The fourth-order valence-electron chi connectivity index (χ4n) is 3.05. The van der Waals surface area contributed by atoms with Gasteiger partial charge in [-0.25, -0.2) is 4.79 Å². The molecule has 0 aliphatic heterocycles. The van der Waals surface area contributed by atoms with Gasteiger partial charge in [-0.15, -0.1) is 0 Å². The van der Waals surface area contributed by atoms with Crippen molar-refractivity contribution in [1.29, 1.82) is 0 Å². The van der Waals surface area contributed by atoms with Crippen molar-refractivity contribution in [2.75, 3.05) is 18.1 Å². The van der Waals surface area contributed by atoms with Crippen LogP contribution in [0.15, 0.2) is 0 Å². The van der Waals surface area contributed by atoms with Gasteiger partial charge in [0.1, 0.15) is 24.2 Å².